The Morgan fingerprint density at radius 3 is 2.81 bits per heavy atom. The second kappa shape index (κ2) is 7.08. The lowest BCUT2D eigenvalue weighted by Gasteiger charge is -2.06. The molecule has 0 unspecified atom stereocenters. The highest BCUT2D eigenvalue weighted by Gasteiger charge is 2.12. The van der Waals surface area contributed by atoms with Crippen molar-refractivity contribution in [2.24, 2.45) is 0 Å². The van der Waals surface area contributed by atoms with E-state index in [2.05, 4.69) is 15.9 Å². The maximum Gasteiger partial charge on any atom is 0.374 e. The zero-order valence-electron chi connectivity index (χ0n) is 11.3. The van der Waals surface area contributed by atoms with Crippen molar-refractivity contribution in [1.82, 2.24) is 0 Å². The van der Waals surface area contributed by atoms with E-state index in [4.69, 9.17) is 13.9 Å². The van der Waals surface area contributed by atoms with Crippen LogP contribution in [-0.2, 0) is 11.3 Å². The van der Waals surface area contributed by atoms with E-state index in [1.165, 1.54) is 0 Å². The van der Waals surface area contributed by atoms with Gasteiger partial charge >= 0.3 is 5.97 Å². The van der Waals surface area contributed by atoms with Gasteiger partial charge in [-0.2, -0.15) is 0 Å². The monoisotopic (exact) mass is 352 g/mol. The van der Waals surface area contributed by atoms with Gasteiger partial charge in [0.15, 0.2) is 0 Å². The lowest BCUT2D eigenvalue weighted by molar-refractivity contribution is 0.0486. The Morgan fingerprint density at radius 2 is 2.14 bits per heavy atom. The number of aldehydes is 1. The molecule has 0 saturated heterocycles. The zero-order valence-corrected chi connectivity index (χ0v) is 12.9. The largest absolute Gasteiger partial charge is 0.484 e. The molecular weight excluding hydrogens is 340 g/mol. The Balaban J connectivity index is 2.00. The summed E-state index contributed by atoms with van der Waals surface area (Å²) in [6.07, 6.45) is 0.757. The Labute approximate surface area is 130 Å². The van der Waals surface area contributed by atoms with Crippen LogP contribution in [0.2, 0.25) is 0 Å². The van der Waals surface area contributed by atoms with Crippen molar-refractivity contribution in [3.63, 3.8) is 0 Å². The van der Waals surface area contributed by atoms with Crippen LogP contribution in [0, 0.1) is 0 Å². The van der Waals surface area contributed by atoms with Gasteiger partial charge in [0.25, 0.3) is 0 Å². The molecule has 0 N–H and O–H groups in total. The number of rotatable bonds is 6. The molecule has 1 aromatic heterocycles. The third-order valence-corrected chi connectivity index (χ3v) is 3.22. The van der Waals surface area contributed by atoms with Crippen molar-refractivity contribution in [3.05, 3.63) is 51.9 Å². The highest BCUT2D eigenvalue weighted by Crippen LogP contribution is 2.26. The fraction of sp³-hybridized carbons (Fsp3) is 0.200. The van der Waals surface area contributed by atoms with E-state index in [1.807, 2.05) is 0 Å². The summed E-state index contributed by atoms with van der Waals surface area (Å²) in [7, 11) is 0. The van der Waals surface area contributed by atoms with Gasteiger partial charge in [0, 0.05) is 5.56 Å². The van der Waals surface area contributed by atoms with Crippen molar-refractivity contribution in [2.45, 2.75) is 13.5 Å². The lowest BCUT2D eigenvalue weighted by Crippen LogP contribution is -2.02. The number of esters is 1. The standard InChI is InChI=1S/C15H13BrO5/c1-2-19-15(18)14-6-4-11(21-14)9-20-13-5-3-10(8-17)7-12(13)16/h3-8H,2,9H2,1H3. The SMILES string of the molecule is CCOC(=O)c1ccc(COc2ccc(C=O)cc2Br)o1. The van der Waals surface area contributed by atoms with E-state index in [9.17, 15) is 9.59 Å². The number of ether oxygens (including phenoxy) is 2. The molecule has 2 rings (SSSR count). The van der Waals surface area contributed by atoms with Crippen molar-refractivity contribution in [1.29, 1.82) is 0 Å². The maximum absolute atomic E-state index is 11.5. The Morgan fingerprint density at radius 1 is 1.33 bits per heavy atom. The summed E-state index contributed by atoms with van der Waals surface area (Å²) < 4.78 is 16.4. The topological polar surface area (TPSA) is 65.7 Å². The molecule has 0 aliphatic heterocycles. The summed E-state index contributed by atoms with van der Waals surface area (Å²) in [4.78, 5) is 22.1. The average Bonchev–Trinajstić information content (AvgIpc) is 2.95. The van der Waals surface area contributed by atoms with Gasteiger partial charge in [-0.1, -0.05) is 0 Å². The molecule has 1 heterocycles. The average molecular weight is 353 g/mol. The highest BCUT2D eigenvalue weighted by atomic mass is 79.9. The number of carbonyl (C=O) groups is 2. The predicted octanol–water partition coefficient (Wildman–Crippen LogP) is 3.61. The molecule has 0 saturated carbocycles. The fourth-order valence-electron chi connectivity index (χ4n) is 1.62. The number of furan rings is 1. The smallest absolute Gasteiger partial charge is 0.374 e. The minimum Gasteiger partial charge on any atom is -0.484 e. The quantitative estimate of drug-likeness (QED) is 0.586. The van der Waals surface area contributed by atoms with E-state index in [-0.39, 0.29) is 12.4 Å². The van der Waals surface area contributed by atoms with Gasteiger partial charge < -0.3 is 13.9 Å². The molecule has 1 aromatic carbocycles. The minimum absolute atomic E-state index is 0.144. The van der Waals surface area contributed by atoms with Crippen LogP contribution in [0.15, 0.2) is 39.2 Å². The normalized spacial score (nSPS) is 10.2. The molecule has 0 spiro atoms. The summed E-state index contributed by atoms with van der Waals surface area (Å²) >= 11 is 3.32. The van der Waals surface area contributed by atoms with E-state index >= 15 is 0 Å². The molecule has 5 nitrogen and oxygen atoms in total. The molecule has 0 aliphatic carbocycles. The number of hydrogen-bond donors (Lipinski definition) is 0. The molecule has 0 aliphatic rings. The molecule has 0 amide bonds. The molecule has 6 heteroatoms. The molecule has 110 valence electrons. The van der Waals surface area contributed by atoms with Crippen molar-refractivity contribution >= 4 is 28.2 Å². The summed E-state index contributed by atoms with van der Waals surface area (Å²) in [5.74, 6) is 0.727. The lowest BCUT2D eigenvalue weighted by atomic mass is 10.2. The number of benzene rings is 1. The van der Waals surface area contributed by atoms with Gasteiger partial charge in [-0.15, -0.1) is 0 Å². The van der Waals surface area contributed by atoms with Crippen molar-refractivity contribution in [2.75, 3.05) is 6.61 Å². The van der Waals surface area contributed by atoms with E-state index in [0.29, 0.717) is 28.2 Å². The van der Waals surface area contributed by atoms with Crippen molar-refractivity contribution < 1.29 is 23.5 Å². The minimum atomic E-state index is -0.500. The molecule has 21 heavy (non-hydrogen) atoms. The fourth-order valence-corrected chi connectivity index (χ4v) is 2.13. The van der Waals surface area contributed by atoms with E-state index in [0.717, 1.165) is 6.29 Å². The Kier molecular flexibility index (Phi) is 5.16. The van der Waals surface area contributed by atoms with Gasteiger partial charge in [-0.05, 0) is 53.2 Å². The Bertz CT molecular complexity index is 647. The van der Waals surface area contributed by atoms with Crippen LogP contribution in [0.5, 0.6) is 5.75 Å². The summed E-state index contributed by atoms with van der Waals surface area (Å²) in [5.41, 5.74) is 0.553. The van der Waals surface area contributed by atoms with Crippen LogP contribution in [0.3, 0.4) is 0 Å². The van der Waals surface area contributed by atoms with Crippen LogP contribution < -0.4 is 4.74 Å². The zero-order chi connectivity index (χ0) is 15.2. The second-order valence-electron chi connectivity index (χ2n) is 4.08. The summed E-state index contributed by atoms with van der Waals surface area (Å²) in [6.45, 7) is 2.19. The molecule has 0 radical (unpaired) electrons. The first-order chi connectivity index (χ1) is 10.1. The van der Waals surface area contributed by atoms with Gasteiger partial charge in [0.2, 0.25) is 5.76 Å². The Hall–Kier alpha value is -2.08. The molecular formula is C15H13BrO5. The van der Waals surface area contributed by atoms with E-state index in [1.54, 1.807) is 37.3 Å². The molecule has 0 bridgehead atoms. The van der Waals surface area contributed by atoms with Crippen LogP contribution in [0.1, 0.15) is 33.6 Å². The highest BCUT2D eigenvalue weighted by molar-refractivity contribution is 9.10. The van der Waals surface area contributed by atoms with Gasteiger partial charge in [0.05, 0.1) is 11.1 Å². The first-order valence-electron chi connectivity index (χ1n) is 6.27. The van der Waals surface area contributed by atoms with Gasteiger partial charge in [0.1, 0.15) is 24.4 Å². The molecule has 0 atom stereocenters. The summed E-state index contributed by atoms with van der Waals surface area (Å²) in [6, 6.07) is 8.19. The second-order valence-corrected chi connectivity index (χ2v) is 4.94. The number of carbonyl (C=O) groups excluding carboxylic acids is 2. The first-order valence-corrected chi connectivity index (χ1v) is 7.06. The third kappa shape index (κ3) is 3.95. The molecule has 0 fully saturated rings. The molecule has 2 aromatic rings. The number of hydrogen-bond acceptors (Lipinski definition) is 5. The van der Waals surface area contributed by atoms with Crippen LogP contribution in [0.25, 0.3) is 0 Å². The van der Waals surface area contributed by atoms with Gasteiger partial charge in [-0.25, -0.2) is 4.79 Å². The van der Waals surface area contributed by atoms with Crippen LogP contribution in [0.4, 0.5) is 0 Å². The van der Waals surface area contributed by atoms with Gasteiger partial charge in [-0.3, -0.25) is 4.79 Å². The van der Waals surface area contributed by atoms with Crippen LogP contribution in [-0.4, -0.2) is 18.9 Å². The van der Waals surface area contributed by atoms with E-state index < -0.39 is 5.97 Å². The maximum atomic E-state index is 11.5. The van der Waals surface area contributed by atoms with Crippen molar-refractivity contribution in [3.8, 4) is 5.75 Å². The third-order valence-electron chi connectivity index (χ3n) is 2.60. The predicted molar refractivity (Wildman–Crippen MR) is 78.5 cm³/mol. The number of halogens is 1. The first kappa shape index (κ1) is 15.3. The summed E-state index contributed by atoms with van der Waals surface area (Å²) in [5, 5.41) is 0. The van der Waals surface area contributed by atoms with Crippen LogP contribution >= 0.6 is 15.9 Å².